The smallest absolute Gasteiger partial charge is 0.324 e. The number of hydrogen-bond acceptors (Lipinski definition) is 9. The van der Waals surface area contributed by atoms with Crippen LogP contribution >= 0.6 is 0 Å². The molecular formula is C44H57N5O6. The first-order chi connectivity index (χ1) is 26.3. The summed E-state index contributed by atoms with van der Waals surface area (Å²) in [7, 11) is 1.70. The van der Waals surface area contributed by atoms with Gasteiger partial charge in [0, 0.05) is 79.7 Å². The molecule has 1 aromatic carbocycles. The number of rotatable bonds is 6. The summed E-state index contributed by atoms with van der Waals surface area (Å²) < 4.78 is 14.3. The lowest BCUT2D eigenvalue weighted by atomic mass is 9.84. The number of aryl methyl sites for hydroxylation is 1. The largest absolute Gasteiger partial charge is 0.464 e. The van der Waals surface area contributed by atoms with Gasteiger partial charge in [-0.05, 0) is 98.4 Å². The Labute approximate surface area is 324 Å². The monoisotopic (exact) mass is 751 g/mol. The third-order valence-electron chi connectivity index (χ3n) is 13.4. The second kappa shape index (κ2) is 14.2. The van der Waals surface area contributed by atoms with Crippen LogP contribution in [0.1, 0.15) is 83.7 Å². The molecule has 2 N–H and O–H groups in total. The van der Waals surface area contributed by atoms with Gasteiger partial charge in [-0.3, -0.25) is 29.3 Å². The van der Waals surface area contributed by atoms with Gasteiger partial charge in [-0.2, -0.15) is 0 Å². The Morgan fingerprint density at radius 2 is 1.96 bits per heavy atom. The molecule has 3 aliphatic heterocycles. The number of benzene rings is 1. The summed E-state index contributed by atoms with van der Waals surface area (Å²) in [5.74, 6) is -0.0841. The first-order valence-electron chi connectivity index (χ1n) is 20.3. The summed E-state index contributed by atoms with van der Waals surface area (Å²) in [4.78, 5) is 49.3. The van der Waals surface area contributed by atoms with Gasteiger partial charge in [0.2, 0.25) is 5.91 Å². The number of carbonyl (C=O) groups is 3. The van der Waals surface area contributed by atoms with Crippen LogP contribution in [0.2, 0.25) is 0 Å². The normalized spacial score (nSPS) is 32.5. The van der Waals surface area contributed by atoms with Gasteiger partial charge in [-0.15, -0.1) is 0 Å². The van der Waals surface area contributed by atoms with E-state index in [-0.39, 0.29) is 42.2 Å². The van der Waals surface area contributed by atoms with Crippen molar-refractivity contribution >= 4 is 34.1 Å². The van der Waals surface area contributed by atoms with Gasteiger partial charge < -0.3 is 19.1 Å². The Morgan fingerprint density at radius 3 is 2.69 bits per heavy atom. The molecule has 2 aromatic heterocycles. The molecule has 2 aliphatic carbocycles. The zero-order chi connectivity index (χ0) is 39.0. The highest BCUT2D eigenvalue weighted by Gasteiger charge is 2.68. The molecule has 1 spiro atoms. The van der Waals surface area contributed by atoms with E-state index in [2.05, 4.69) is 73.8 Å². The van der Waals surface area contributed by atoms with Crippen LogP contribution in [0.5, 0.6) is 0 Å². The number of nitrogens with one attached hydrogen (secondary N) is 1. The molecule has 6 bridgehead atoms. The number of nitrogens with zero attached hydrogens (tertiary/aromatic N) is 4. The fourth-order valence-electron chi connectivity index (χ4n) is 9.94. The minimum absolute atomic E-state index is 0.0188. The average molecular weight is 752 g/mol. The predicted molar refractivity (Wildman–Crippen MR) is 210 cm³/mol. The van der Waals surface area contributed by atoms with Crippen molar-refractivity contribution in [2.24, 2.45) is 34.5 Å². The zero-order valence-electron chi connectivity index (χ0n) is 33.4. The van der Waals surface area contributed by atoms with Crippen molar-refractivity contribution in [3.05, 3.63) is 59.4 Å². The molecule has 1 amide bonds. The van der Waals surface area contributed by atoms with Gasteiger partial charge in [0.1, 0.15) is 11.8 Å². The molecule has 5 heterocycles. The highest BCUT2D eigenvalue weighted by Crippen LogP contribution is 2.60. The van der Waals surface area contributed by atoms with Crippen molar-refractivity contribution in [3.63, 3.8) is 0 Å². The first kappa shape index (κ1) is 38.0. The molecule has 11 heteroatoms. The van der Waals surface area contributed by atoms with E-state index in [1.54, 1.807) is 18.3 Å². The third kappa shape index (κ3) is 6.74. The van der Waals surface area contributed by atoms with Gasteiger partial charge >= 0.3 is 5.97 Å². The molecule has 3 unspecified atom stereocenters. The number of ether oxygens (including phenoxy) is 2. The lowest BCUT2D eigenvalue weighted by Crippen LogP contribution is -2.59. The van der Waals surface area contributed by atoms with E-state index < -0.39 is 23.0 Å². The fourth-order valence-corrected chi connectivity index (χ4v) is 9.94. The van der Waals surface area contributed by atoms with Crippen molar-refractivity contribution in [1.29, 1.82) is 0 Å². The van der Waals surface area contributed by atoms with Gasteiger partial charge in [0.25, 0.3) is 0 Å². The van der Waals surface area contributed by atoms with Crippen LogP contribution in [0.15, 0.2) is 42.6 Å². The maximum Gasteiger partial charge on any atom is 0.324 e. The molecule has 55 heavy (non-hydrogen) atoms. The topological polar surface area (TPSA) is 126 Å². The molecule has 1 saturated heterocycles. The zero-order valence-corrected chi connectivity index (χ0v) is 33.4. The third-order valence-corrected chi connectivity index (χ3v) is 13.4. The lowest BCUT2D eigenvalue weighted by Gasteiger charge is -2.38. The van der Waals surface area contributed by atoms with Crippen LogP contribution in [0.25, 0.3) is 27.7 Å². The van der Waals surface area contributed by atoms with Crippen molar-refractivity contribution < 1.29 is 29.0 Å². The highest BCUT2D eigenvalue weighted by molar-refractivity contribution is 5.99. The number of ketones is 1. The summed E-state index contributed by atoms with van der Waals surface area (Å²) in [6.07, 6.45) is 5.09. The van der Waals surface area contributed by atoms with Gasteiger partial charge in [0.15, 0.2) is 0 Å². The van der Waals surface area contributed by atoms with Crippen LogP contribution < -0.4 is 5.43 Å². The summed E-state index contributed by atoms with van der Waals surface area (Å²) in [6.45, 7) is 15.3. The number of fused-ring (bicyclic) bond motifs is 6. The standard InChI is InChI=1S/C44H57N5O6/c1-8-48-36-14-13-28-18-32(36)33(39(48)31-11-9-15-45-38(31)27(4)54-7)19-43(5,6)24-55-41(52)35-12-10-16-49(46-35)42(53)44(23-47-21-29(28)17-30(50)22-47)20-34(44)40(51)37-25(2)26(37)3/h9,11,13-15,17-18,25-27,30,34-35,37,46,50H,8,10,12,16,19-24H2,1-7H3/t25-,26+,27-,30+,34?,35-,37?,44+/m0/s1. The fraction of sp³-hybridized carbons (Fsp3) is 0.591. The Kier molecular flexibility index (Phi) is 9.84. The molecule has 8 rings (SSSR count). The van der Waals surface area contributed by atoms with E-state index in [9.17, 15) is 19.5 Å². The maximum atomic E-state index is 14.7. The Balaban J connectivity index is 1.25. The summed E-state index contributed by atoms with van der Waals surface area (Å²) in [5.41, 5.74) is 9.03. The van der Waals surface area contributed by atoms with Gasteiger partial charge in [-0.1, -0.05) is 33.8 Å². The molecule has 9 atom stereocenters. The van der Waals surface area contributed by atoms with E-state index in [1.165, 1.54) is 0 Å². The minimum atomic E-state index is -0.918. The number of hydrazine groups is 1. The molecule has 2 saturated carbocycles. The molecule has 3 fully saturated rings. The highest BCUT2D eigenvalue weighted by atomic mass is 16.5. The number of carbonyl (C=O) groups excluding carboxylic acids is 3. The number of Topliss-reactive ketones (excluding diaryl/α,β-unsaturated/α-hetero) is 1. The van der Waals surface area contributed by atoms with Crippen LogP contribution in [0, 0.1) is 34.5 Å². The predicted octanol–water partition coefficient (Wildman–Crippen LogP) is 5.59. The number of esters is 1. The second-order valence-corrected chi connectivity index (χ2v) is 17.8. The number of cyclic esters (lactones) is 1. The van der Waals surface area contributed by atoms with E-state index in [0.717, 1.165) is 51.1 Å². The van der Waals surface area contributed by atoms with Gasteiger partial charge in [-0.25, -0.2) is 5.43 Å². The molecule has 0 radical (unpaired) electrons. The number of methoxy groups -OCH3 is 1. The van der Waals surface area contributed by atoms with Gasteiger partial charge in [0.05, 0.1) is 35.6 Å². The number of aliphatic hydroxyl groups excluding tert-OH is 1. The number of aromatic nitrogens is 2. The number of amides is 1. The first-order valence-corrected chi connectivity index (χ1v) is 20.3. The molecular weight excluding hydrogens is 695 g/mol. The van der Waals surface area contributed by atoms with E-state index >= 15 is 0 Å². The average Bonchev–Trinajstić information content (AvgIpc) is 4.03. The molecule has 294 valence electrons. The SMILES string of the molecule is CCn1c(-c2cccnc2[C@H](C)OC)c2c3cc(ccc31)C1=C[C@@H](O)CN(C1)C[C@@]1(CC1C(=O)C1[C@@H](C)[C@H]1C)C(=O)N1CCC[C@H](N1)C(=O)OCC(C)(C)C2. The van der Waals surface area contributed by atoms with Crippen molar-refractivity contribution in [2.75, 3.05) is 39.9 Å². The second-order valence-electron chi connectivity index (χ2n) is 17.8. The molecule has 3 aromatic rings. The number of hydrogen-bond donors (Lipinski definition) is 2. The van der Waals surface area contributed by atoms with Crippen molar-refractivity contribution in [1.82, 2.24) is 24.9 Å². The van der Waals surface area contributed by atoms with E-state index in [1.807, 2.05) is 19.1 Å². The van der Waals surface area contributed by atoms with Crippen LogP contribution in [-0.2, 0) is 36.8 Å². The summed E-state index contributed by atoms with van der Waals surface area (Å²) >= 11 is 0. The minimum Gasteiger partial charge on any atom is -0.464 e. The van der Waals surface area contributed by atoms with E-state index in [4.69, 9.17) is 14.5 Å². The molecule has 11 nitrogen and oxygen atoms in total. The van der Waals surface area contributed by atoms with Crippen molar-refractivity contribution in [3.8, 4) is 11.3 Å². The van der Waals surface area contributed by atoms with Crippen LogP contribution in [0.4, 0.5) is 0 Å². The van der Waals surface area contributed by atoms with Crippen LogP contribution in [0.3, 0.4) is 0 Å². The Hall–Kier alpha value is -3.90. The van der Waals surface area contributed by atoms with Crippen molar-refractivity contribution in [2.45, 2.75) is 92.0 Å². The Bertz CT molecular complexity index is 2050. The van der Waals surface area contributed by atoms with Crippen LogP contribution in [-0.4, -0.2) is 94.3 Å². The number of aliphatic hydroxyl groups is 1. The Morgan fingerprint density at radius 1 is 1.18 bits per heavy atom. The summed E-state index contributed by atoms with van der Waals surface area (Å²) in [6, 6.07) is 9.96. The summed E-state index contributed by atoms with van der Waals surface area (Å²) in [5, 5.41) is 14.1. The van der Waals surface area contributed by atoms with E-state index in [0.29, 0.717) is 63.7 Å². The number of pyridine rings is 1. The molecule has 5 aliphatic rings. The lowest BCUT2D eigenvalue weighted by molar-refractivity contribution is -0.156. The maximum absolute atomic E-state index is 14.7. The quantitative estimate of drug-likeness (QED) is 0.310.